The smallest absolute Gasteiger partial charge is 0.320 e. The van der Waals surface area contributed by atoms with Gasteiger partial charge in [0.25, 0.3) is 10.0 Å². The van der Waals surface area contributed by atoms with Crippen molar-refractivity contribution in [3.05, 3.63) is 54.6 Å². The Balaban J connectivity index is 0.00000405. The van der Waals surface area contributed by atoms with Crippen molar-refractivity contribution in [1.29, 1.82) is 0 Å². The van der Waals surface area contributed by atoms with Gasteiger partial charge in [-0.15, -0.1) is 12.4 Å². The quantitative estimate of drug-likeness (QED) is 0.248. The zero-order valence-corrected chi connectivity index (χ0v) is 25.8. The van der Waals surface area contributed by atoms with Crippen LogP contribution in [0.5, 0.6) is 11.8 Å². The average Bonchev–Trinajstić information content (AvgIpc) is 3.27. The number of benzene rings is 2. The van der Waals surface area contributed by atoms with Crippen LogP contribution in [-0.2, 0) is 26.6 Å². The van der Waals surface area contributed by atoms with Gasteiger partial charge in [0, 0.05) is 61.1 Å². The Hall–Kier alpha value is -3.58. The van der Waals surface area contributed by atoms with E-state index in [1.165, 1.54) is 18.5 Å². The third-order valence-electron chi connectivity index (χ3n) is 7.46. The number of halogens is 1. The van der Waals surface area contributed by atoms with E-state index in [1.807, 2.05) is 47.8 Å². The predicted molar refractivity (Wildman–Crippen MR) is 164 cm³/mol. The number of para-hydroxylation sites is 1. The largest absolute Gasteiger partial charge is 0.481 e. The number of hydrogen-bond acceptors (Lipinski definition) is 9. The topological polar surface area (TPSA) is 106 Å². The van der Waals surface area contributed by atoms with Gasteiger partial charge in [-0.3, -0.25) is 14.0 Å². The van der Waals surface area contributed by atoms with E-state index in [-0.39, 0.29) is 54.4 Å². The molecule has 3 heterocycles. The first-order valence-electron chi connectivity index (χ1n) is 13.4. The summed E-state index contributed by atoms with van der Waals surface area (Å²) in [6, 6.07) is 16.1. The predicted octanol–water partition coefficient (Wildman–Crippen LogP) is 3.15. The van der Waals surface area contributed by atoms with Crippen LogP contribution in [0.25, 0.3) is 21.8 Å². The van der Waals surface area contributed by atoms with Crippen molar-refractivity contribution in [2.24, 2.45) is 7.05 Å². The van der Waals surface area contributed by atoms with Gasteiger partial charge in [0.1, 0.15) is 12.3 Å². The van der Waals surface area contributed by atoms with Crippen LogP contribution in [0.1, 0.15) is 0 Å². The first-order chi connectivity index (χ1) is 19.7. The van der Waals surface area contributed by atoms with E-state index in [2.05, 4.69) is 9.88 Å². The second-order valence-electron chi connectivity index (χ2n) is 10.0. The zero-order valence-electron chi connectivity index (χ0n) is 24.1. The molecule has 4 aromatic rings. The number of likely N-dealkylation sites (N-methyl/N-ethyl adjacent to an activating group) is 1. The number of anilines is 1. The summed E-state index contributed by atoms with van der Waals surface area (Å²) >= 11 is 0. The number of hydrogen-bond donors (Lipinski definition) is 0. The number of carbonyl (C=O) groups is 1. The molecule has 11 nitrogen and oxygen atoms in total. The first kappa shape index (κ1) is 31.4. The molecular formula is C29H36ClN5O6S. The van der Waals surface area contributed by atoms with Crippen LogP contribution >= 0.6 is 12.4 Å². The number of aromatic nitrogens is 2. The average molecular weight is 618 g/mol. The molecule has 0 atom stereocenters. The molecule has 0 aliphatic carbocycles. The highest BCUT2D eigenvalue weighted by Crippen LogP contribution is 2.35. The van der Waals surface area contributed by atoms with E-state index in [4.69, 9.17) is 14.2 Å². The summed E-state index contributed by atoms with van der Waals surface area (Å²) in [7, 11) is 2.75. The maximum Gasteiger partial charge on any atom is 0.320 e. The van der Waals surface area contributed by atoms with E-state index in [9.17, 15) is 13.2 Å². The lowest BCUT2D eigenvalue weighted by molar-refractivity contribution is -0.145. The number of rotatable bonds is 10. The lowest BCUT2D eigenvalue weighted by atomic mass is 10.1. The highest BCUT2D eigenvalue weighted by atomic mass is 35.5. The lowest BCUT2D eigenvalue weighted by Crippen LogP contribution is -2.46. The molecule has 0 saturated carbocycles. The van der Waals surface area contributed by atoms with E-state index in [1.54, 1.807) is 30.3 Å². The van der Waals surface area contributed by atoms with Crippen LogP contribution in [0.3, 0.4) is 0 Å². The number of sulfonamides is 1. The highest BCUT2D eigenvalue weighted by Gasteiger charge is 2.30. The molecule has 13 heteroatoms. The Bertz CT molecular complexity index is 1670. The summed E-state index contributed by atoms with van der Waals surface area (Å²) < 4.78 is 47.8. The van der Waals surface area contributed by atoms with Crippen LogP contribution in [0.15, 0.2) is 59.5 Å². The number of esters is 1. The molecule has 1 aliphatic rings. The van der Waals surface area contributed by atoms with Gasteiger partial charge in [0.05, 0.1) is 32.2 Å². The van der Waals surface area contributed by atoms with Gasteiger partial charge in [0.2, 0.25) is 11.8 Å². The number of ether oxygens (including phenoxy) is 3. The van der Waals surface area contributed by atoms with Crippen molar-refractivity contribution >= 4 is 55.9 Å². The van der Waals surface area contributed by atoms with Crippen molar-refractivity contribution in [1.82, 2.24) is 19.4 Å². The molecule has 0 bridgehead atoms. The second kappa shape index (κ2) is 13.2. The number of pyridine rings is 1. The summed E-state index contributed by atoms with van der Waals surface area (Å²) in [5.74, 6) is -0.0504. The van der Waals surface area contributed by atoms with Gasteiger partial charge >= 0.3 is 5.97 Å². The van der Waals surface area contributed by atoms with E-state index >= 15 is 0 Å². The standard InChI is InChI=1S/C29H35N5O6S.ClH/c1-31-13-15-33(16-14-31)20-28(35)40-18-17-34(26-11-12-27(38-3)30-29(26)39-4)41(36,37)21-9-10-25-23(19-21)22-7-5-6-8-24(22)32(25)2;/h5-12,19H,13-18,20H2,1-4H3;1H. The summed E-state index contributed by atoms with van der Waals surface area (Å²) in [6.07, 6.45) is 0. The van der Waals surface area contributed by atoms with Gasteiger partial charge in [-0.2, -0.15) is 4.98 Å². The second-order valence-corrected chi connectivity index (χ2v) is 11.9. The molecule has 226 valence electrons. The molecular weight excluding hydrogens is 582 g/mol. The lowest BCUT2D eigenvalue weighted by Gasteiger charge is -2.31. The molecule has 2 aromatic heterocycles. The monoisotopic (exact) mass is 617 g/mol. The maximum absolute atomic E-state index is 14.2. The Morgan fingerprint density at radius 3 is 2.36 bits per heavy atom. The summed E-state index contributed by atoms with van der Waals surface area (Å²) in [6.45, 7) is 3.20. The fraction of sp³-hybridized carbons (Fsp3) is 0.379. The molecule has 42 heavy (non-hydrogen) atoms. The maximum atomic E-state index is 14.2. The normalized spacial score (nSPS) is 14.5. The first-order valence-corrected chi connectivity index (χ1v) is 14.8. The number of fused-ring (bicyclic) bond motifs is 3. The molecule has 1 aliphatic heterocycles. The van der Waals surface area contributed by atoms with Gasteiger partial charge in [-0.05, 0) is 37.4 Å². The van der Waals surface area contributed by atoms with Crippen LogP contribution in [0.2, 0.25) is 0 Å². The zero-order chi connectivity index (χ0) is 29.1. The number of piperazine rings is 1. The summed E-state index contributed by atoms with van der Waals surface area (Å²) in [5, 5.41) is 1.78. The Kier molecular flexibility index (Phi) is 9.82. The van der Waals surface area contributed by atoms with Gasteiger partial charge in [-0.1, -0.05) is 18.2 Å². The minimum atomic E-state index is -4.13. The third-order valence-corrected chi connectivity index (χ3v) is 9.27. The molecule has 1 fully saturated rings. The van der Waals surface area contributed by atoms with E-state index < -0.39 is 16.0 Å². The number of nitrogens with zero attached hydrogens (tertiary/aromatic N) is 5. The van der Waals surface area contributed by atoms with Crippen molar-refractivity contribution in [2.75, 3.05) is 71.4 Å². The highest BCUT2D eigenvalue weighted by molar-refractivity contribution is 7.92. The van der Waals surface area contributed by atoms with Gasteiger partial charge < -0.3 is 23.7 Å². The molecule has 0 spiro atoms. The molecule has 0 radical (unpaired) electrons. The van der Waals surface area contributed by atoms with Crippen molar-refractivity contribution in [3.8, 4) is 11.8 Å². The Morgan fingerprint density at radius 1 is 0.929 bits per heavy atom. The van der Waals surface area contributed by atoms with Crippen LogP contribution < -0.4 is 13.8 Å². The fourth-order valence-corrected chi connectivity index (χ4v) is 6.63. The summed E-state index contributed by atoms with van der Waals surface area (Å²) in [5.41, 5.74) is 2.13. The Morgan fingerprint density at radius 2 is 1.64 bits per heavy atom. The van der Waals surface area contributed by atoms with E-state index in [0.717, 1.165) is 48.0 Å². The van der Waals surface area contributed by atoms with Crippen LogP contribution in [-0.4, -0.2) is 101 Å². The third kappa shape index (κ3) is 6.26. The number of carbonyl (C=O) groups excluding carboxylic acids is 1. The number of methoxy groups -OCH3 is 2. The van der Waals surface area contributed by atoms with Crippen LogP contribution in [0.4, 0.5) is 5.69 Å². The Labute approximate surface area is 252 Å². The van der Waals surface area contributed by atoms with Crippen molar-refractivity contribution < 1.29 is 27.4 Å². The summed E-state index contributed by atoms with van der Waals surface area (Å²) in [4.78, 5) is 21.2. The van der Waals surface area contributed by atoms with Gasteiger partial charge in [-0.25, -0.2) is 8.42 Å². The molecule has 0 amide bonds. The molecule has 0 unspecified atom stereocenters. The van der Waals surface area contributed by atoms with E-state index in [0.29, 0.717) is 0 Å². The molecule has 1 saturated heterocycles. The van der Waals surface area contributed by atoms with Crippen molar-refractivity contribution in [2.45, 2.75) is 4.90 Å². The van der Waals surface area contributed by atoms with Crippen molar-refractivity contribution in [3.63, 3.8) is 0 Å². The molecule has 0 N–H and O–H groups in total. The SMILES string of the molecule is COc1ccc(N(CCOC(=O)CN2CCN(C)CC2)S(=O)(=O)c2ccc3c(c2)c2ccccc2n3C)c(OC)n1.Cl. The fourth-order valence-electron chi connectivity index (χ4n) is 5.15. The molecule has 2 aromatic carbocycles. The number of aryl methyl sites for hydroxylation is 1. The van der Waals surface area contributed by atoms with Crippen LogP contribution in [0, 0.1) is 0 Å². The minimum Gasteiger partial charge on any atom is -0.481 e. The minimum absolute atomic E-state index is 0. The molecule has 5 rings (SSSR count). The van der Waals surface area contributed by atoms with Gasteiger partial charge in [0.15, 0.2) is 0 Å².